The monoisotopic (exact) mass is 409 g/mol. The summed E-state index contributed by atoms with van der Waals surface area (Å²) in [6.07, 6.45) is -0.976. The van der Waals surface area contributed by atoms with Crippen LogP contribution in [-0.4, -0.2) is 37.4 Å². The number of carbonyl (C=O) groups excluding carboxylic acids is 3. The number of carbonyl (C=O) groups is 3. The van der Waals surface area contributed by atoms with E-state index in [0.29, 0.717) is 16.0 Å². The molecule has 0 aliphatic heterocycles. The van der Waals surface area contributed by atoms with E-state index in [2.05, 4.69) is 21.2 Å². The van der Waals surface area contributed by atoms with Gasteiger partial charge in [-0.2, -0.15) is 0 Å². The van der Waals surface area contributed by atoms with Crippen LogP contribution in [0.25, 0.3) is 0 Å². The number of methoxy groups -OCH3 is 1. The highest BCUT2D eigenvalue weighted by molar-refractivity contribution is 9.10. The summed E-state index contributed by atoms with van der Waals surface area (Å²) in [7, 11) is 1.52. The summed E-state index contributed by atoms with van der Waals surface area (Å²) in [5, 5.41) is 2.36. The first-order chi connectivity index (χ1) is 11.9. The SMILES string of the molecule is COc1ccc(C(=O)[C@@H](C)OC(=O)CNC(=O)c2ccc(Br)o2)cc1. The number of benzene rings is 1. The Morgan fingerprint density at radius 1 is 1.16 bits per heavy atom. The van der Waals surface area contributed by atoms with Gasteiger partial charge in [0.25, 0.3) is 5.91 Å². The molecule has 132 valence electrons. The summed E-state index contributed by atoms with van der Waals surface area (Å²) in [6, 6.07) is 9.47. The number of rotatable bonds is 7. The molecule has 0 bridgehead atoms. The standard InChI is InChI=1S/C17H16BrNO6/c1-10(16(21)11-3-5-12(23-2)6-4-11)24-15(20)9-19-17(22)13-7-8-14(18)25-13/h3-8,10H,9H2,1-2H3,(H,19,22)/t10-/m1/s1. The quantitative estimate of drug-likeness (QED) is 0.557. The molecule has 0 fully saturated rings. The fourth-order valence-electron chi connectivity index (χ4n) is 1.96. The molecule has 0 aliphatic rings. The molecular weight excluding hydrogens is 394 g/mol. The van der Waals surface area contributed by atoms with Crippen molar-refractivity contribution in [3.63, 3.8) is 0 Å². The number of esters is 1. The molecule has 1 atom stereocenters. The zero-order chi connectivity index (χ0) is 18.4. The maximum absolute atomic E-state index is 12.2. The summed E-state index contributed by atoms with van der Waals surface area (Å²) < 4.78 is 15.5. The maximum Gasteiger partial charge on any atom is 0.326 e. The Hall–Kier alpha value is -2.61. The minimum absolute atomic E-state index is 0.0574. The van der Waals surface area contributed by atoms with Crippen molar-refractivity contribution in [3.8, 4) is 5.75 Å². The molecule has 7 nitrogen and oxygen atoms in total. The van der Waals surface area contributed by atoms with Crippen LogP contribution in [-0.2, 0) is 9.53 Å². The van der Waals surface area contributed by atoms with Crippen molar-refractivity contribution < 1.29 is 28.3 Å². The summed E-state index contributed by atoms with van der Waals surface area (Å²) in [5.74, 6) is -0.960. The first-order valence-electron chi connectivity index (χ1n) is 7.32. The molecule has 0 saturated carbocycles. The molecule has 2 aromatic rings. The van der Waals surface area contributed by atoms with Crippen molar-refractivity contribution in [2.75, 3.05) is 13.7 Å². The second kappa shape index (κ2) is 8.48. The number of nitrogens with one attached hydrogen (secondary N) is 1. The van der Waals surface area contributed by atoms with E-state index in [0.717, 1.165) is 0 Å². The number of hydrogen-bond donors (Lipinski definition) is 1. The molecule has 25 heavy (non-hydrogen) atoms. The van der Waals surface area contributed by atoms with Crippen molar-refractivity contribution in [3.05, 3.63) is 52.4 Å². The van der Waals surface area contributed by atoms with Crippen LogP contribution in [0.2, 0.25) is 0 Å². The topological polar surface area (TPSA) is 94.8 Å². The minimum atomic E-state index is -0.976. The normalized spacial score (nSPS) is 11.5. The van der Waals surface area contributed by atoms with Crippen LogP contribution >= 0.6 is 15.9 Å². The zero-order valence-corrected chi connectivity index (χ0v) is 15.2. The molecule has 1 N–H and O–H groups in total. The Labute approximate surface area is 152 Å². The molecule has 1 amide bonds. The Morgan fingerprint density at radius 2 is 1.84 bits per heavy atom. The summed E-state index contributed by atoms with van der Waals surface area (Å²) >= 11 is 3.08. The van der Waals surface area contributed by atoms with E-state index >= 15 is 0 Å². The summed E-state index contributed by atoms with van der Waals surface area (Å²) in [6.45, 7) is 1.09. The Kier molecular flexibility index (Phi) is 6.35. The fraction of sp³-hybridized carbons (Fsp3) is 0.235. The van der Waals surface area contributed by atoms with Gasteiger partial charge < -0.3 is 19.2 Å². The van der Waals surface area contributed by atoms with Crippen LogP contribution < -0.4 is 10.1 Å². The lowest BCUT2D eigenvalue weighted by atomic mass is 10.1. The smallest absolute Gasteiger partial charge is 0.326 e. The number of furan rings is 1. The summed E-state index contributed by atoms with van der Waals surface area (Å²) in [4.78, 5) is 35.7. The van der Waals surface area contributed by atoms with Gasteiger partial charge in [0.1, 0.15) is 12.3 Å². The highest BCUT2D eigenvalue weighted by Gasteiger charge is 2.20. The number of Topliss-reactive ketones (excluding diaryl/α,β-unsaturated/α-hetero) is 1. The zero-order valence-electron chi connectivity index (χ0n) is 13.6. The second-order valence-electron chi connectivity index (χ2n) is 5.01. The van der Waals surface area contributed by atoms with Crippen molar-refractivity contribution in [2.24, 2.45) is 0 Å². The van der Waals surface area contributed by atoms with E-state index in [-0.39, 0.29) is 18.1 Å². The maximum atomic E-state index is 12.2. The van der Waals surface area contributed by atoms with Gasteiger partial charge in [-0.3, -0.25) is 14.4 Å². The van der Waals surface area contributed by atoms with Crippen molar-refractivity contribution in [2.45, 2.75) is 13.0 Å². The van der Waals surface area contributed by atoms with Crippen LogP contribution in [0.5, 0.6) is 5.75 Å². The van der Waals surface area contributed by atoms with E-state index in [4.69, 9.17) is 13.9 Å². The van der Waals surface area contributed by atoms with Gasteiger partial charge >= 0.3 is 5.97 Å². The molecular formula is C17H16BrNO6. The van der Waals surface area contributed by atoms with Gasteiger partial charge in [-0.05, 0) is 59.3 Å². The average molecular weight is 410 g/mol. The van der Waals surface area contributed by atoms with Crippen LogP contribution in [0.4, 0.5) is 0 Å². The van der Waals surface area contributed by atoms with Gasteiger partial charge in [0.15, 0.2) is 16.5 Å². The number of amides is 1. The Bertz CT molecular complexity index is 768. The van der Waals surface area contributed by atoms with E-state index in [1.807, 2.05) is 0 Å². The lowest BCUT2D eigenvalue weighted by molar-refractivity contribution is -0.145. The minimum Gasteiger partial charge on any atom is -0.497 e. The highest BCUT2D eigenvalue weighted by Crippen LogP contribution is 2.14. The molecule has 8 heteroatoms. The molecule has 0 unspecified atom stereocenters. The van der Waals surface area contributed by atoms with E-state index in [9.17, 15) is 14.4 Å². The summed E-state index contributed by atoms with van der Waals surface area (Å²) in [5.41, 5.74) is 0.394. The van der Waals surface area contributed by atoms with Crippen molar-refractivity contribution >= 4 is 33.6 Å². The van der Waals surface area contributed by atoms with Gasteiger partial charge in [0.05, 0.1) is 7.11 Å². The predicted octanol–water partition coefficient (Wildman–Crippen LogP) is 2.60. The first-order valence-corrected chi connectivity index (χ1v) is 8.11. The highest BCUT2D eigenvalue weighted by atomic mass is 79.9. The van der Waals surface area contributed by atoms with E-state index < -0.39 is 18.0 Å². The third-order valence-corrected chi connectivity index (χ3v) is 3.67. The molecule has 1 aromatic carbocycles. The molecule has 0 aliphatic carbocycles. The van der Waals surface area contributed by atoms with Gasteiger partial charge in [-0.25, -0.2) is 0 Å². The number of hydrogen-bond acceptors (Lipinski definition) is 6. The van der Waals surface area contributed by atoms with Gasteiger partial charge in [-0.1, -0.05) is 0 Å². The Balaban J connectivity index is 1.84. The lowest BCUT2D eigenvalue weighted by Crippen LogP contribution is -2.33. The van der Waals surface area contributed by atoms with Crippen LogP contribution in [0.15, 0.2) is 45.5 Å². The van der Waals surface area contributed by atoms with Crippen LogP contribution in [0.3, 0.4) is 0 Å². The van der Waals surface area contributed by atoms with E-state index in [1.165, 1.54) is 20.1 Å². The van der Waals surface area contributed by atoms with Crippen molar-refractivity contribution in [1.29, 1.82) is 0 Å². The largest absolute Gasteiger partial charge is 0.497 e. The molecule has 0 saturated heterocycles. The number of ketones is 1. The molecule has 2 rings (SSSR count). The molecule has 1 heterocycles. The van der Waals surface area contributed by atoms with Gasteiger partial charge in [0.2, 0.25) is 5.78 Å². The molecule has 0 spiro atoms. The number of halogens is 1. The van der Waals surface area contributed by atoms with Gasteiger partial charge in [0, 0.05) is 5.56 Å². The lowest BCUT2D eigenvalue weighted by Gasteiger charge is -2.13. The fourth-order valence-corrected chi connectivity index (χ4v) is 2.26. The van der Waals surface area contributed by atoms with Crippen LogP contribution in [0, 0.1) is 0 Å². The second-order valence-corrected chi connectivity index (χ2v) is 5.79. The third-order valence-electron chi connectivity index (χ3n) is 3.24. The number of ether oxygens (including phenoxy) is 2. The first kappa shape index (κ1) is 18.7. The molecule has 0 radical (unpaired) electrons. The average Bonchev–Trinajstić information content (AvgIpc) is 3.05. The van der Waals surface area contributed by atoms with Crippen molar-refractivity contribution in [1.82, 2.24) is 5.32 Å². The Morgan fingerprint density at radius 3 is 2.40 bits per heavy atom. The van der Waals surface area contributed by atoms with E-state index in [1.54, 1.807) is 30.3 Å². The van der Waals surface area contributed by atoms with Crippen LogP contribution in [0.1, 0.15) is 27.8 Å². The van der Waals surface area contributed by atoms with Gasteiger partial charge in [-0.15, -0.1) is 0 Å². The molecule has 1 aromatic heterocycles. The predicted molar refractivity (Wildman–Crippen MR) is 91.6 cm³/mol. The third kappa shape index (κ3) is 5.18.